The highest BCUT2D eigenvalue weighted by molar-refractivity contribution is 5.78. The van der Waals surface area contributed by atoms with Crippen LogP contribution in [0.15, 0.2) is 0 Å². The van der Waals surface area contributed by atoms with Gasteiger partial charge >= 0.3 is 17.9 Å². The van der Waals surface area contributed by atoms with Crippen LogP contribution in [0, 0.1) is 0 Å². The molecule has 4 amide bonds. The van der Waals surface area contributed by atoms with Crippen LogP contribution in [0.1, 0.15) is 47.0 Å². The number of aliphatic carboxylic acids is 3. The number of carbonyl (C=O) groups is 7. The van der Waals surface area contributed by atoms with Crippen molar-refractivity contribution in [2.75, 3.05) is 46.2 Å². The van der Waals surface area contributed by atoms with Crippen LogP contribution in [0.4, 0.5) is 0 Å². The van der Waals surface area contributed by atoms with E-state index in [1.54, 1.807) is 0 Å². The van der Waals surface area contributed by atoms with Crippen LogP contribution >= 0.6 is 0 Å². The number of hydrogen-bond acceptors (Lipinski definition) is 42. The first-order chi connectivity index (χ1) is 50.5. The largest absolute Gasteiger partial charge is 0.477 e. The Balaban J connectivity index is 1.27. The summed E-state index contributed by atoms with van der Waals surface area (Å²) < 4.78 is 74.9. The zero-order valence-corrected chi connectivity index (χ0v) is 57.6. The zero-order chi connectivity index (χ0) is 80.8. The summed E-state index contributed by atoms with van der Waals surface area (Å²) in [7, 11) is 0. The van der Waals surface area contributed by atoms with Crippen LogP contribution in [-0.4, -0.2) is 447 Å². The second-order valence-electron chi connectivity index (χ2n) is 26.8. The van der Waals surface area contributed by atoms with Gasteiger partial charge in [-0.3, -0.25) is 19.2 Å². The average Bonchev–Trinajstić information content (AvgIpc) is 0.753. The number of carboxylic acids is 3. The molecule has 0 saturated carbocycles. The fraction of sp³-hybridized carbons (Fsp3) is 0.881. The number of ether oxygens (including phenoxy) is 13. The Hall–Kier alpha value is -5.11. The van der Waals surface area contributed by atoms with Gasteiger partial charge in [0.1, 0.15) is 153 Å². The van der Waals surface area contributed by atoms with Crippen molar-refractivity contribution in [1.82, 2.24) is 21.3 Å². The van der Waals surface area contributed by atoms with E-state index in [9.17, 15) is 161 Å². The molecule has 0 aromatic rings. The summed E-state index contributed by atoms with van der Waals surface area (Å²) in [4.78, 5) is 91.1. The van der Waals surface area contributed by atoms with E-state index in [1.807, 2.05) is 0 Å². The predicted molar refractivity (Wildman–Crippen MR) is 330 cm³/mol. The Morgan fingerprint density at radius 3 is 1.22 bits per heavy atom. The number of carbonyl (C=O) groups excluding carboxylic acids is 4. The molecular formula is C59H96N4O45. The molecule has 38 atom stereocenters. The molecule has 0 aliphatic carbocycles. The quantitative estimate of drug-likeness (QED) is 0.0297. The molecule has 108 heavy (non-hydrogen) atoms. The molecule has 7 rings (SSSR count). The van der Waals surface area contributed by atoms with Crippen LogP contribution in [0.5, 0.6) is 0 Å². The maximum atomic E-state index is 13.8. The Bertz CT molecular complexity index is 3010. The average molecular weight is 1580 g/mol. The Morgan fingerprint density at radius 1 is 0.398 bits per heavy atom. The number of aliphatic hydroxyl groups is 22. The number of hydrogen-bond donors (Lipinski definition) is 29. The van der Waals surface area contributed by atoms with Crippen molar-refractivity contribution in [3.8, 4) is 0 Å². The number of nitrogens with one attached hydrogen (secondary N) is 4. The van der Waals surface area contributed by atoms with Crippen molar-refractivity contribution in [1.29, 1.82) is 0 Å². The fourth-order valence-corrected chi connectivity index (χ4v) is 13.6. The lowest BCUT2D eigenvalue weighted by Gasteiger charge is -2.52. The zero-order valence-electron chi connectivity index (χ0n) is 57.6. The number of aliphatic hydroxyl groups excluding tert-OH is 22. The lowest BCUT2D eigenvalue weighted by atomic mass is 9.87. The van der Waals surface area contributed by atoms with Crippen molar-refractivity contribution in [3.63, 3.8) is 0 Å². The highest BCUT2D eigenvalue weighted by Gasteiger charge is 2.65. The summed E-state index contributed by atoms with van der Waals surface area (Å²) in [6, 6.07) is -7.91. The molecule has 0 spiro atoms. The minimum atomic E-state index is -3.65. The van der Waals surface area contributed by atoms with Crippen LogP contribution in [0.3, 0.4) is 0 Å². The van der Waals surface area contributed by atoms with Gasteiger partial charge in [-0.15, -0.1) is 0 Å². The molecule has 7 heterocycles. The summed E-state index contributed by atoms with van der Waals surface area (Å²) in [5.74, 6) is -21.1. The minimum Gasteiger partial charge on any atom is -0.477 e. The molecule has 49 heteroatoms. The molecule has 29 N–H and O–H groups in total. The summed E-state index contributed by atoms with van der Waals surface area (Å²) >= 11 is 0. The maximum absolute atomic E-state index is 13.8. The lowest BCUT2D eigenvalue weighted by Crippen LogP contribution is -2.72. The first-order valence-electron chi connectivity index (χ1n) is 33.5. The van der Waals surface area contributed by atoms with Gasteiger partial charge < -0.3 is 211 Å². The van der Waals surface area contributed by atoms with Gasteiger partial charge in [0.2, 0.25) is 23.6 Å². The van der Waals surface area contributed by atoms with E-state index in [4.69, 9.17) is 61.6 Å². The van der Waals surface area contributed by atoms with Gasteiger partial charge in [0.25, 0.3) is 17.4 Å². The van der Waals surface area contributed by atoms with Crippen molar-refractivity contribution in [2.45, 2.75) is 278 Å². The van der Waals surface area contributed by atoms with Gasteiger partial charge in [0.05, 0.1) is 82.7 Å². The summed E-state index contributed by atoms with van der Waals surface area (Å²) in [5.41, 5.74) is 0. The maximum Gasteiger partial charge on any atom is 0.364 e. The van der Waals surface area contributed by atoms with Crippen LogP contribution in [-0.2, 0) is 95.1 Å². The van der Waals surface area contributed by atoms with E-state index >= 15 is 0 Å². The fourth-order valence-electron chi connectivity index (χ4n) is 13.6. The second-order valence-corrected chi connectivity index (χ2v) is 26.8. The Labute approximate surface area is 609 Å². The smallest absolute Gasteiger partial charge is 0.364 e. The second kappa shape index (κ2) is 37.7. The molecule has 7 aliphatic rings. The topological polar surface area (TPSA) is 793 Å². The van der Waals surface area contributed by atoms with Crippen LogP contribution in [0.25, 0.3) is 0 Å². The van der Waals surface area contributed by atoms with Crippen molar-refractivity contribution in [2.24, 2.45) is 0 Å². The third kappa shape index (κ3) is 19.6. The molecule has 49 nitrogen and oxygen atoms in total. The van der Waals surface area contributed by atoms with Crippen LogP contribution < -0.4 is 21.3 Å². The molecule has 0 unspecified atom stereocenters. The first-order valence-corrected chi connectivity index (χ1v) is 33.5. The van der Waals surface area contributed by atoms with Crippen molar-refractivity contribution >= 4 is 41.5 Å². The summed E-state index contributed by atoms with van der Waals surface area (Å²) in [6.07, 6.45) is -75.9. The third-order valence-corrected chi connectivity index (χ3v) is 19.1. The van der Waals surface area contributed by atoms with Gasteiger partial charge in [-0.05, 0) is 0 Å². The standard InChI is InChI=1S/C59H96N4O45/c1-15(70)60-29-19(74)5-57(54(90)91,105-46(29)33(79)22(77)8-64)96-14-28-37(83)45(32(63-18(4)73)51(100-28)101-44-27(13-69)99-52(41(87)39(44)85)102-43-26(12-68)97-50(89)40(86)38(43)84)103-53-42(88)49(35(81)24(10-66)98-53)108-59(56(94)95)7-21(76)31(62-17(3)72)48(107-59)36(82)25(11-67)104-58(55(92)93)6-20(75)30(61-16(2)71)47(106-58)34(80)23(78)9-65/h19-53,64-69,74-89H,5-14H2,1-4H3,(H,60,70)(H,61,71)(H,62,72)(H,63,73)(H,90,91)(H,92,93)(H,94,95)/t19-,20-,21-,22+,23+,24+,25+,26+,27+,28+,29+,30+,31+,32+,33+,34+,35-,36+,37-,38+,39+,40+,41+,42+,43+,44-,45+,46+,47+,48+,49-,50-,51-,52-,53-,57+,58+,59-/m0/s1. The molecule has 0 radical (unpaired) electrons. The van der Waals surface area contributed by atoms with Gasteiger partial charge in [0.15, 0.2) is 25.2 Å². The Kier molecular flexibility index (Phi) is 31.4. The van der Waals surface area contributed by atoms with E-state index < -0.39 is 339 Å². The molecule has 7 aliphatic heterocycles. The van der Waals surface area contributed by atoms with Crippen molar-refractivity contribution < 1.29 is 223 Å². The van der Waals surface area contributed by atoms with E-state index in [0.29, 0.717) is 0 Å². The predicted octanol–water partition coefficient (Wildman–Crippen LogP) is -18.1. The monoisotopic (exact) mass is 1580 g/mol. The molecule has 0 aromatic heterocycles. The highest BCUT2D eigenvalue weighted by atomic mass is 16.8. The van der Waals surface area contributed by atoms with Crippen molar-refractivity contribution in [3.05, 3.63) is 0 Å². The SMILES string of the molecule is CC(=O)N[C@H]1[C@H](O[C@@H]2[C@H](O)[C@@H](O)[C@H](O[C@H]3[C@H](O)[C@@H](O)[C@@H](O)O[C@@H]3CO)O[C@@H]2CO)O[C@H](CO[C@]2(C(=O)O)C[C@H](O)[C@@H](NC(C)=O)[C@H]([C@H](O)[C@H](O)CO)O2)[C@H](O)[C@@H]1O[C@@H]1O[C@H](CO)[C@H](O)[C@H](O[C@]2(C(=O)O)C[C@H](O)[C@@H](NC(C)=O)[C@H]([C@H](O)[C@@H](CO)O[C@]3(C(=O)O)C[C@H](O)[C@@H](NC(C)=O)[C@H]([C@H](O)[C@H](O)CO)O3)O2)[C@H]1O. The summed E-state index contributed by atoms with van der Waals surface area (Å²) in [5, 5.41) is 284. The molecule has 0 bridgehead atoms. The van der Waals surface area contributed by atoms with Crippen LogP contribution in [0.2, 0.25) is 0 Å². The van der Waals surface area contributed by atoms with E-state index in [0.717, 1.165) is 27.7 Å². The molecule has 622 valence electrons. The van der Waals surface area contributed by atoms with Gasteiger partial charge in [-0.1, -0.05) is 0 Å². The first kappa shape index (κ1) is 90.1. The molecular weight excluding hydrogens is 1480 g/mol. The Morgan fingerprint density at radius 2 is 0.769 bits per heavy atom. The summed E-state index contributed by atoms with van der Waals surface area (Å²) in [6.45, 7) is -5.66. The highest BCUT2D eigenvalue weighted by Crippen LogP contribution is 2.43. The lowest BCUT2D eigenvalue weighted by molar-refractivity contribution is -0.391. The minimum absolute atomic E-state index is 0.814. The van der Waals surface area contributed by atoms with Gasteiger partial charge in [-0.25, -0.2) is 14.4 Å². The number of carboxylic acid groups (broad SMARTS) is 3. The van der Waals surface area contributed by atoms with E-state index in [2.05, 4.69) is 21.3 Å². The number of amides is 4. The molecule has 7 fully saturated rings. The number of rotatable bonds is 32. The van der Waals surface area contributed by atoms with Gasteiger partial charge in [0, 0.05) is 47.0 Å². The van der Waals surface area contributed by atoms with E-state index in [-0.39, 0.29) is 0 Å². The van der Waals surface area contributed by atoms with E-state index in [1.165, 1.54) is 0 Å². The molecule has 0 aromatic carbocycles. The normalized spacial score (nSPS) is 43.4. The molecule has 7 saturated heterocycles. The van der Waals surface area contributed by atoms with Gasteiger partial charge in [-0.2, -0.15) is 0 Å². The third-order valence-electron chi connectivity index (χ3n) is 19.1.